The number of hydrogen-bond donors (Lipinski definition) is 0. The fourth-order valence-corrected chi connectivity index (χ4v) is 2.64. The van der Waals surface area contributed by atoms with E-state index in [-0.39, 0.29) is 42.8 Å². The van der Waals surface area contributed by atoms with Gasteiger partial charge in [0.1, 0.15) is 0 Å². The summed E-state index contributed by atoms with van der Waals surface area (Å²) in [6, 6.07) is 0. The normalized spacial score (nSPS) is 10.7. The summed E-state index contributed by atoms with van der Waals surface area (Å²) in [6.07, 6.45) is 16.2. The summed E-state index contributed by atoms with van der Waals surface area (Å²) in [5, 5.41) is 10.1. The number of carboxylic acids is 1. The number of hydrogen-bond acceptors (Lipinski definition) is 5. The number of carboxylic acid groups (broad SMARTS) is 1. The second-order valence-electron chi connectivity index (χ2n) is 6.54. The van der Waals surface area contributed by atoms with Gasteiger partial charge in [-0.05, 0) is 6.42 Å². The summed E-state index contributed by atoms with van der Waals surface area (Å²) in [7, 11) is 0. The van der Waals surface area contributed by atoms with E-state index in [1.807, 2.05) is 0 Å². The van der Waals surface area contributed by atoms with Crippen LogP contribution in [0.25, 0.3) is 0 Å². The largest absolute Gasteiger partial charge is 1.00 e. The van der Waals surface area contributed by atoms with E-state index in [9.17, 15) is 9.90 Å². The number of aliphatic carboxylic acids is 1. The molecule has 150 valence electrons. The van der Waals surface area contributed by atoms with Crippen molar-refractivity contribution < 1.29 is 53.7 Å². The van der Waals surface area contributed by atoms with Gasteiger partial charge < -0.3 is 24.1 Å². The first kappa shape index (κ1) is 28.6. The SMILES string of the molecule is CCCCCCCCCCCCCCOCCOCCOCC(=O)[O-].[Na+]. The van der Waals surface area contributed by atoms with E-state index in [1.54, 1.807) is 0 Å². The first-order chi connectivity index (χ1) is 12.3. The fourth-order valence-electron chi connectivity index (χ4n) is 2.64. The molecule has 0 amide bonds. The molecular formula is C20H39NaO5. The van der Waals surface area contributed by atoms with E-state index in [1.165, 1.54) is 70.6 Å². The average molecular weight is 383 g/mol. The van der Waals surface area contributed by atoms with Crippen LogP contribution < -0.4 is 34.7 Å². The molecule has 0 rings (SSSR count). The molecule has 6 heteroatoms. The molecule has 0 aliphatic heterocycles. The third kappa shape index (κ3) is 26.6. The maximum Gasteiger partial charge on any atom is 1.00 e. The van der Waals surface area contributed by atoms with E-state index in [2.05, 4.69) is 6.92 Å². The Hall–Kier alpha value is 0.350. The van der Waals surface area contributed by atoms with Gasteiger partial charge in [0.25, 0.3) is 0 Å². The third-order valence-corrected chi connectivity index (χ3v) is 4.11. The van der Waals surface area contributed by atoms with E-state index in [4.69, 9.17) is 14.2 Å². The Kier molecular flexibility index (Phi) is 27.8. The van der Waals surface area contributed by atoms with E-state index < -0.39 is 5.97 Å². The predicted octanol–water partition coefficient (Wildman–Crippen LogP) is 0.491. The maximum absolute atomic E-state index is 10.1. The van der Waals surface area contributed by atoms with Gasteiger partial charge in [-0.2, -0.15) is 0 Å². The molecule has 0 fully saturated rings. The van der Waals surface area contributed by atoms with E-state index in [0.717, 1.165) is 13.0 Å². The topological polar surface area (TPSA) is 67.8 Å². The molecular weight excluding hydrogens is 343 g/mol. The molecule has 0 radical (unpaired) electrons. The molecule has 26 heavy (non-hydrogen) atoms. The summed E-state index contributed by atoms with van der Waals surface area (Å²) < 4.78 is 15.6. The van der Waals surface area contributed by atoms with Crippen molar-refractivity contribution in [2.75, 3.05) is 39.6 Å². The van der Waals surface area contributed by atoms with Gasteiger partial charge in [-0.25, -0.2) is 0 Å². The molecule has 0 aromatic heterocycles. The zero-order valence-corrected chi connectivity index (χ0v) is 19.3. The number of rotatable bonds is 21. The van der Waals surface area contributed by atoms with Crippen molar-refractivity contribution in [1.29, 1.82) is 0 Å². The van der Waals surface area contributed by atoms with Crippen molar-refractivity contribution in [3.63, 3.8) is 0 Å². The summed E-state index contributed by atoms with van der Waals surface area (Å²) in [6.45, 7) is 4.44. The van der Waals surface area contributed by atoms with Crippen LogP contribution in [-0.4, -0.2) is 45.6 Å². The quantitative estimate of drug-likeness (QED) is 0.214. The van der Waals surface area contributed by atoms with Crippen molar-refractivity contribution in [1.82, 2.24) is 0 Å². The molecule has 0 aromatic carbocycles. The predicted molar refractivity (Wildman–Crippen MR) is 98.5 cm³/mol. The summed E-state index contributed by atoms with van der Waals surface area (Å²) in [5.41, 5.74) is 0. The van der Waals surface area contributed by atoms with Gasteiger partial charge in [-0.3, -0.25) is 0 Å². The Morgan fingerprint density at radius 1 is 0.615 bits per heavy atom. The molecule has 0 saturated heterocycles. The van der Waals surface area contributed by atoms with Crippen LogP contribution in [0.5, 0.6) is 0 Å². The van der Waals surface area contributed by atoms with Crippen LogP contribution in [0.1, 0.15) is 84.0 Å². The second kappa shape index (κ2) is 25.4. The number of carbonyl (C=O) groups is 1. The third-order valence-electron chi connectivity index (χ3n) is 4.11. The molecule has 0 aromatic rings. The monoisotopic (exact) mass is 382 g/mol. The Bertz CT molecular complexity index is 277. The van der Waals surface area contributed by atoms with Gasteiger partial charge in [0.2, 0.25) is 0 Å². The van der Waals surface area contributed by atoms with Gasteiger partial charge in [-0.1, -0.05) is 77.6 Å². The van der Waals surface area contributed by atoms with E-state index in [0.29, 0.717) is 19.8 Å². The summed E-state index contributed by atoms with van der Waals surface area (Å²) >= 11 is 0. The number of ether oxygens (including phenoxy) is 3. The molecule has 0 spiro atoms. The Balaban J connectivity index is 0. The fraction of sp³-hybridized carbons (Fsp3) is 0.950. The van der Waals surface area contributed by atoms with Crippen molar-refractivity contribution in [3.05, 3.63) is 0 Å². The van der Waals surface area contributed by atoms with Crippen LogP contribution in [0.2, 0.25) is 0 Å². The molecule has 0 unspecified atom stereocenters. The molecule has 0 atom stereocenters. The van der Waals surface area contributed by atoms with Crippen LogP contribution >= 0.6 is 0 Å². The van der Waals surface area contributed by atoms with Crippen molar-refractivity contribution >= 4 is 5.97 Å². The molecule has 5 nitrogen and oxygen atoms in total. The first-order valence-corrected chi connectivity index (χ1v) is 10.2. The standard InChI is InChI=1S/C20H40O5.Na/c1-2-3-4-5-6-7-8-9-10-11-12-13-14-23-15-16-24-17-18-25-19-20(21)22;/h2-19H2,1H3,(H,21,22);/q;+1/p-1. The molecule has 0 N–H and O–H groups in total. The van der Waals surface area contributed by atoms with Crippen LogP contribution in [0.3, 0.4) is 0 Å². The Morgan fingerprint density at radius 2 is 1.00 bits per heavy atom. The smallest absolute Gasteiger partial charge is 0.548 e. The minimum atomic E-state index is -1.20. The van der Waals surface area contributed by atoms with Gasteiger partial charge >= 0.3 is 29.6 Å². The van der Waals surface area contributed by atoms with Gasteiger partial charge in [-0.15, -0.1) is 0 Å². The summed E-state index contributed by atoms with van der Waals surface area (Å²) in [4.78, 5) is 10.1. The average Bonchev–Trinajstić information content (AvgIpc) is 2.60. The Morgan fingerprint density at radius 3 is 1.46 bits per heavy atom. The molecule has 0 aliphatic carbocycles. The number of unbranched alkanes of at least 4 members (excludes halogenated alkanes) is 11. The second-order valence-corrected chi connectivity index (χ2v) is 6.54. The van der Waals surface area contributed by atoms with Crippen molar-refractivity contribution in [2.24, 2.45) is 0 Å². The minimum absolute atomic E-state index is 0. The molecule has 0 bridgehead atoms. The van der Waals surface area contributed by atoms with Crippen LogP contribution in [0.4, 0.5) is 0 Å². The molecule has 0 saturated carbocycles. The summed E-state index contributed by atoms with van der Waals surface area (Å²) in [5.74, 6) is -1.20. The van der Waals surface area contributed by atoms with Crippen LogP contribution in [0, 0.1) is 0 Å². The molecule has 0 heterocycles. The van der Waals surface area contributed by atoms with Crippen molar-refractivity contribution in [3.8, 4) is 0 Å². The first-order valence-electron chi connectivity index (χ1n) is 10.2. The Labute approximate surface area is 182 Å². The molecule has 0 aliphatic rings. The van der Waals surface area contributed by atoms with Gasteiger partial charge in [0.15, 0.2) is 0 Å². The van der Waals surface area contributed by atoms with Crippen LogP contribution in [-0.2, 0) is 19.0 Å². The zero-order valence-electron chi connectivity index (χ0n) is 17.3. The van der Waals surface area contributed by atoms with Gasteiger partial charge in [0.05, 0.1) is 39.0 Å². The van der Waals surface area contributed by atoms with Gasteiger partial charge in [0, 0.05) is 6.61 Å². The van der Waals surface area contributed by atoms with E-state index >= 15 is 0 Å². The number of carbonyl (C=O) groups excluding carboxylic acids is 1. The van der Waals surface area contributed by atoms with Crippen LogP contribution in [0.15, 0.2) is 0 Å². The maximum atomic E-state index is 10.1. The van der Waals surface area contributed by atoms with Crippen molar-refractivity contribution in [2.45, 2.75) is 84.0 Å². The minimum Gasteiger partial charge on any atom is -0.548 e. The zero-order chi connectivity index (χ0) is 18.4.